The summed E-state index contributed by atoms with van der Waals surface area (Å²) in [5.41, 5.74) is -0.155. The van der Waals surface area contributed by atoms with Crippen molar-refractivity contribution in [3.05, 3.63) is 24.8 Å². The molecule has 0 radical (unpaired) electrons. The van der Waals surface area contributed by atoms with Crippen molar-refractivity contribution in [2.24, 2.45) is 5.92 Å². The first-order valence-corrected chi connectivity index (χ1v) is 6.69. The second kappa shape index (κ2) is 7.75. The van der Waals surface area contributed by atoms with Crippen LogP contribution in [-0.4, -0.2) is 24.4 Å². The van der Waals surface area contributed by atoms with E-state index in [1.807, 2.05) is 6.08 Å². The van der Waals surface area contributed by atoms with E-state index < -0.39 is 0 Å². The van der Waals surface area contributed by atoms with Gasteiger partial charge in [0.25, 0.3) is 0 Å². The normalized spacial score (nSPS) is 15.0. The largest absolute Gasteiger partial charge is 0.375 e. The van der Waals surface area contributed by atoms with Gasteiger partial charge >= 0.3 is 0 Å². The van der Waals surface area contributed by atoms with E-state index in [4.69, 9.17) is 9.47 Å². The first-order chi connectivity index (χ1) is 8.14. The predicted octanol–water partition coefficient (Wildman–Crippen LogP) is 4.37. The molecule has 0 aromatic carbocycles. The molecule has 18 heavy (non-hydrogen) atoms. The van der Waals surface area contributed by atoms with Crippen LogP contribution in [0.15, 0.2) is 24.8 Å². The third-order valence-corrected chi connectivity index (χ3v) is 2.28. The minimum atomic E-state index is -0.0830. The van der Waals surface area contributed by atoms with E-state index in [2.05, 4.69) is 60.3 Å². The summed E-state index contributed by atoms with van der Waals surface area (Å²) in [6.45, 7) is 17.6. The van der Waals surface area contributed by atoms with Gasteiger partial charge in [-0.3, -0.25) is 0 Å². The van der Waals surface area contributed by atoms with Gasteiger partial charge in [-0.25, -0.2) is 0 Å². The lowest BCUT2D eigenvalue weighted by atomic mass is 10.1. The van der Waals surface area contributed by atoms with E-state index >= 15 is 0 Å². The highest BCUT2D eigenvalue weighted by molar-refractivity contribution is 4.90. The Hall–Kier alpha value is -0.600. The van der Waals surface area contributed by atoms with Crippen molar-refractivity contribution < 1.29 is 9.47 Å². The molecule has 1 unspecified atom stereocenters. The van der Waals surface area contributed by atoms with Crippen LogP contribution in [0.3, 0.4) is 0 Å². The quantitative estimate of drug-likeness (QED) is 0.628. The second-order valence-electron chi connectivity index (χ2n) is 6.55. The molecule has 0 aromatic heterocycles. The maximum absolute atomic E-state index is 5.76. The summed E-state index contributed by atoms with van der Waals surface area (Å²) in [5.74, 6) is 0.370. The van der Waals surface area contributed by atoms with Crippen LogP contribution in [0.4, 0.5) is 0 Å². The molecule has 1 atom stereocenters. The number of hydrogen-bond donors (Lipinski definition) is 0. The average molecular weight is 254 g/mol. The summed E-state index contributed by atoms with van der Waals surface area (Å²) < 4.78 is 11.4. The first-order valence-electron chi connectivity index (χ1n) is 6.69. The lowest BCUT2D eigenvalue weighted by Crippen LogP contribution is -2.22. The molecule has 0 fully saturated rings. The highest BCUT2D eigenvalue weighted by Crippen LogP contribution is 2.13. The predicted molar refractivity (Wildman–Crippen MR) is 78.9 cm³/mol. The van der Waals surface area contributed by atoms with Crippen LogP contribution in [0.2, 0.25) is 0 Å². The molecule has 0 aliphatic heterocycles. The van der Waals surface area contributed by atoms with Crippen LogP contribution in [0.1, 0.15) is 48.0 Å². The second-order valence-corrected chi connectivity index (χ2v) is 6.55. The van der Waals surface area contributed by atoms with Gasteiger partial charge in [-0.15, -0.1) is 6.58 Å². The fourth-order valence-corrected chi connectivity index (χ4v) is 1.23. The molecule has 0 N–H and O–H groups in total. The van der Waals surface area contributed by atoms with Crippen LogP contribution in [-0.2, 0) is 9.47 Å². The number of hydrogen-bond acceptors (Lipinski definition) is 2. The Bertz CT molecular complexity index is 253. The van der Waals surface area contributed by atoms with E-state index in [1.165, 1.54) is 0 Å². The monoisotopic (exact) mass is 254 g/mol. The van der Waals surface area contributed by atoms with E-state index in [0.717, 1.165) is 13.0 Å². The number of rotatable bonds is 7. The Balaban J connectivity index is 3.87. The summed E-state index contributed by atoms with van der Waals surface area (Å²) in [6, 6.07) is 0. The van der Waals surface area contributed by atoms with Crippen molar-refractivity contribution in [1.82, 2.24) is 0 Å². The van der Waals surface area contributed by atoms with Crippen LogP contribution >= 0.6 is 0 Å². The minimum Gasteiger partial charge on any atom is -0.375 e. The molecule has 0 rings (SSSR count). The Labute approximate surface area is 113 Å². The molecule has 0 bridgehead atoms. The zero-order chi connectivity index (χ0) is 14.2. The Morgan fingerprint density at radius 2 is 1.50 bits per heavy atom. The molecule has 106 valence electrons. The molecule has 0 aliphatic rings. The Morgan fingerprint density at radius 3 is 1.94 bits per heavy atom. The van der Waals surface area contributed by atoms with Crippen LogP contribution in [0.5, 0.6) is 0 Å². The van der Waals surface area contributed by atoms with Crippen molar-refractivity contribution >= 4 is 0 Å². The average Bonchev–Trinajstić information content (AvgIpc) is 2.19. The molecule has 0 spiro atoms. The molecule has 0 aromatic rings. The van der Waals surface area contributed by atoms with Gasteiger partial charge in [0.15, 0.2) is 0 Å². The SMILES string of the molecule is C=CC(C/C=C/COC(C)(C)C)COC(C)(C)C. The molecule has 0 saturated carbocycles. The third kappa shape index (κ3) is 11.9. The summed E-state index contributed by atoms with van der Waals surface area (Å²) in [4.78, 5) is 0. The van der Waals surface area contributed by atoms with Gasteiger partial charge in [0, 0.05) is 5.92 Å². The first kappa shape index (κ1) is 17.4. The van der Waals surface area contributed by atoms with Crippen molar-refractivity contribution in [2.75, 3.05) is 13.2 Å². The van der Waals surface area contributed by atoms with Crippen LogP contribution in [0.25, 0.3) is 0 Å². The van der Waals surface area contributed by atoms with E-state index in [1.54, 1.807) is 0 Å². The van der Waals surface area contributed by atoms with Gasteiger partial charge in [-0.2, -0.15) is 0 Å². The number of ether oxygens (including phenoxy) is 2. The maximum Gasteiger partial charge on any atom is 0.0654 e. The summed E-state index contributed by atoms with van der Waals surface area (Å²) in [5, 5.41) is 0. The minimum absolute atomic E-state index is 0.0719. The number of allylic oxidation sites excluding steroid dienone is 1. The zero-order valence-corrected chi connectivity index (χ0v) is 13.0. The smallest absolute Gasteiger partial charge is 0.0654 e. The van der Waals surface area contributed by atoms with E-state index in [9.17, 15) is 0 Å². The van der Waals surface area contributed by atoms with Gasteiger partial charge in [0.2, 0.25) is 0 Å². The molecular weight excluding hydrogens is 224 g/mol. The zero-order valence-electron chi connectivity index (χ0n) is 13.0. The van der Waals surface area contributed by atoms with E-state index in [0.29, 0.717) is 12.5 Å². The topological polar surface area (TPSA) is 18.5 Å². The van der Waals surface area contributed by atoms with Crippen molar-refractivity contribution in [1.29, 1.82) is 0 Å². The van der Waals surface area contributed by atoms with Gasteiger partial charge in [-0.05, 0) is 48.0 Å². The van der Waals surface area contributed by atoms with E-state index in [-0.39, 0.29) is 11.2 Å². The molecule has 0 saturated heterocycles. The highest BCUT2D eigenvalue weighted by Gasteiger charge is 2.12. The molecule has 0 aliphatic carbocycles. The summed E-state index contributed by atoms with van der Waals surface area (Å²) >= 11 is 0. The highest BCUT2D eigenvalue weighted by atomic mass is 16.5. The van der Waals surface area contributed by atoms with Crippen molar-refractivity contribution in [3.8, 4) is 0 Å². The molecule has 0 amide bonds. The van der Waals surface area contributed by atoms with Crippen LogP contribution in [0, 0.1) is 5.92 Å². The van der Waals surface area contributed by atoms with Crippen molar-refractivity contribution in [2.45, 2.75) is 59.2 Å². The van der Waals surface area contributed by atoms with Gasteiger partial charge in [0.1, 0.15) is 0 Å². The fraction of sp³-hybridized carbons (Fsp3) is 0.750. The van der Waals surface area contributed by atoms with Crippen LogP contribution < -0.4 is 0 Å². The summed E-state index contributed by atoms with van der Waals surface area (Å²) in [7, 11) is 0. The lowest BCUT2D eigenvalue weighted by molar-refractivity contribution is -0.0149. The standard InChI is InChI=1S/C16H30O2/c1-8-14(13-18-16(5,6)7)11-9-10-12-17-15(2,3)4/h8-10,14H,1,11-13H2,2-7H3/b10-9+. The lowest BCUT2D eigenvalue weighted by Gasteiger charge is -2.22. The van der Waals surface area contributed by atoms with Gasteiger partial charge < -0.3 is 9.47 Å². The van der Waals surface area contributed by atoms with Gasteiger partial charge in [0.05, 0.1) is 24.4 Å². The van der Waals surface area contributed by atoms with Gasteiger partial charge in [-0.1, -0.05) is 18.2 Å². The van der Waals surface area contributed by atoms with Crippen molar-refractivity contribution in [3.63, 3.8) is 0 Å². The third-order valence-electron chi connectivity index (χ3n) is 2.28. The molecular formula is C16H30O2. The molecule has 2 heteroatoms. The Kier molecular flexibility index (Phi) is 7.49. The fourth-order valence-electron chi connectivity index (χ4n) is 1.23. The molecule has 0 heterocycles. The summed E-state index contributed by atoms with van der Waals surface area (Å²) in [6.07, 6.45) is 7.12. The molecule has 2 nitrogen and oxygen atoms in total. The Morgan fingerprint density at radius 1 is 0.944 bits per heavy atom. The maximum atomic E-state index is 5.76.